The van der Waals surface area contributed by atoms with Crippen LogP contribution in [0.3, 0.4) is 0 Å². The van der Waals surface area contributed by atoms with E-state index in [-0.39, 0.29) is 5.60 Å². The summed E-state index contributed by atoms with van der Waals surface area (Å²) < 4.78 is 6.12. The lowest BCUT2D eigenvalue weighted by molar-refractivity contribution is -0.125. The van der Waals surface area contributed by atoms with Crippen LogP contribution in [0.4, 0.5) is 0 Å². The van der Waals surface area contributed by atoms with Crippen LogP contribution in [0, 0.1) is 11.8 Å². The molecule has 4 unspecified atom stereocenters. The molecule has 2 nitrogen and oxygen atoms in total. The molecule has 0 aromatic heterocycles. The van der Waals surface area contributed by atoms with Gasteiger partial charge in [-0.2, -0.15) is 0 Å². The highest BCUT2D eigenvalue weighted by molar-refractivity contribution is 4.94. The molecule has 2 fully saturated rings. The van der Waals surface area contributed by atoms with Crippen LogP contribution in [-0.2, 0) is 4.74 Å². The van der Waals surface area contributed by atoms with E-state index in [1.54, 1.807) is 0 Å². The maximum absolute atomic E-state index is 6.12. The van der Waals surface area contributed by atoms with E-state index in [0.29, 0.717) is 6.04 Å². The van der Waals surface area contributed by atoms with E-state index in [1.165, 1.54) is 32.1 Å². The van der Waals surface area contributed by atoms with Gasteiger partial charge in [-0.3, -0.25) is 0 Å². The van der Waals surface area contributed by atoms with Crippen LogP contribution in [-0.4, -0.2) is 25.3 Å². The molecule has 2 rings (SSSR count). The Bertz CT molecular complexity index is 213. The Labute approximate surface area is 93.8 Å². The first kappa shape index (κ1) is 11.4. The average molecular weight is 211 g/mol. The summed E-state index contributed by atoms with van der Waals surface area (Å²) in [7, 11) is 2.08. The van der Waals surface area contributed by atoms with Gasteiger partial charge in [0.15, 0.2) is 0 Å². The largest absolute Gasteiger partial charge is 0.375 e. The Balaban J connectivity index is 2.00. The number of hydrogen-bond donors (Lipinski definition) is 1. The molecule has 1 saturated carbocycles. The average Bonchev–Trinajstić information content (AvgIpc) is 2.24. The summed E-state index contributed by atoms with van der Waals surface area (Å²) in [5.41, 5.74) is 0.220. The molecule has 88 valence electrons. The second-order valence-electron chi connectivity index (χ2n) is 5.71. The van der Waals surface area contributed by atoms with Gasteiger partial charge in [0, 0.05) is 12.6 Å². The summed E-state index contributed by atoms with van der Waals surface area (Å²) in [4.78, 5) is 0. The van der Waals surface area contributed by atoms with Gasteiger partial charge in [-0.1, -0.05) is 13.8 Å². The molecule has 2 heteroatoms. The minimum absolute atomic E-state index is 0.220. The number of nitrogens with one attached hydrogen (secondary N) is 1. The number of hydrogen-bond acceptors (Lipinski definition) is 2. The molecule has 0 aromatic rings. The molecule has 0 aromatic carbocycles. The molecule has 1 saturated heterocycles. The van der Waals surface area contributed by atoms with Crippen molar-refractivity contribution in [3.8, 4) is 0 Å². The molecule has 1 heterocycles. The van der Waals surface area contributed by atoms with Crippen LogP contribution in [0.1, 0.15) is 46.0 Å². The summed E-state index contributed by atoms with van der Waals surface area (Å²) in [6.07, 6.45) is 6.30. The summed E-state index contributed by atoms with van der Waals surface area (Å²) in [5, 5.41) is 3.42. The topological polar surface area (TPSA) is 21.3 Å². The monoisotopic (exact) mass is 211 g/mol. The van der Waals surface area contributed by atoms with Gasteiger partial charge < -0.3 is 10.1 Å². The number of ether oxygens (including phenoxy) is 1. The number of rotatable bonds is 1. The highest BCUT2D eigenvalue weighted by atomic mass is 16.5. The molecular weight excluding hydrogens is 186 g/mol. The van der Waals surface area contributed by atoms with Gasteiger partial charge in [0.05, 0.1) is 5.60 Å². The van der Waals surface area contributed by atoms with Crippen LogP contribution < -0.4 is 5.32 Å². The smallest absolute Gasteiger partial charge is 0.0700 e. The van der Waals surface area contributed by atoms with Crippen molar-refractivity contribution in [1.29, 1.82) is 0 Å². The van der Waals surface area contributed by atoms with Crippen molar-refractivity contribution in [3.05, 3.63) is 0 Å². The SMILES string of the molecule is CNC1CCOC2(CCC(C)C(C)C2)C1. The van der Waals surface area contributed by atoms with E-state index in [0.717, 1.165) is 18.4 Å². The third kappa shape index (κ3) is 2.36. The summed E-state index contributed by atoms with van der Waals surface area (Å²) in [6.45, 7) is 5.72. The van der Waals surface area contributed by atoms with E-state index in [4.69, 9.17) is 4.74 Å². The van der Waals surface area contributed by atoms with E-state index in [1.807, 2.05) is 0 Å². The van der Waals surface area contributed by atoms with Crippen LogP contribution in [0.25, 0.3) is 0 Å². The summed E-state index contributed by atoms with van der Waals surface area (Å²) >= 11 is 0. The molecule has 0 amide bonds. The third-order valence-corrected chi connectivity index (χ3v) is 4.62. The minimum atomic E-state index is 0.220. The molecule has 1 N–H and O–H groups in total. The van der Waals surface area contributed by atoms with Crippen LogP contribution >= 0.6 is 0 Å². The van der Waals surface area contributed by atoms with E-state index >= 15 is 0 Å². The third-order valence-electron chi connectivity index (χ3n) is 4.62. The Kier molecular flexibility index (Phi) is 3.36. The normalized spacial score (nSPS) is 47.0. The van der Waals surface area contributed by atoms with Crippen molar-refractivity contribution in [2.24, 2.45) is 11.8 Å². The Morgan fingerprint density at radius 1 is 1.13 bits per heavy atom. The van der Waals surface area contributed by atoms with Gasteiger partial charge >= 0.3 is 0 Å². The van der Waals surface area contributed by atoms with Gasteiger partial charge in [-0.25, -0.2) is 0 Å². The van der Waals surface area contributed by atoms with E-state index in [2.05, 4.69) is 26.2 Å². The maximum atomic E-state index is 6.12. The maximum Gasteiger partial charge on any atom is 0.0700 e. The molecular formula is C13H25NO. The molecule has 0 bridgehead atoms. The van der Waals surface area contributed by atoms with Gasteiger partial charge in [0.25, 0.3) is 0 Å². The van der Waals surface area contributed by atoms with Crippen LogP contribution in [0.5, 0.6) is 0 Å². The fourth-order valence-electron chi connectivity index (χ4n) is 3.26. The van der Waals surface area contributed by atoms with Crippen LogP contribution in [0.15, 0.2) is 0 Å². The standard InChI is InChI=1S/C13H25NO/c1-10-4-6-13(8-11(10)2)9-12(14-3)5-7-15-13/h10-12,14H,4-9H2,1-3H3. The van der Waals surface area contributed by atoms with Gasteiger partial charge in [-0.15, -0.1) is 0 Å². The fraction of sp³-hybridized carbons (Fsp3) is 1.00. The van der Waals surface area contributed by atoms with Crippen molar-refractivity contribution in [2.45, 2.75) is 57.6 Å². The van der Waals surface area contributed by atoms with Crippen LogP contribution in [0.2, 0.25) is 0 Å². The first-order chi connectivity index (χ1) is 7.15. The lowest BCUT2D eigenvalue weighted by Gasteiger charge is -2.47. The zero-order chi connectivity index (χ0) is 10.9. The Morgan fingerprint density at radius 3 is 2.60 bits per heavy atom. The highest BCUT2D eigenvalue weighted by Crippen LogP contribution is 2.43. The summed E-state index contributed by atoms with van der Waals surface area (Å²) in [6, 6.07) is 0.680. The van der Waals surface area contributed by atoms with Gasteiger partial charge in [0.2, 0.25) is 0 Å². The first-order valence-corrected chi connectivity index (χ1v) is 6.46. The molecule has 1 spiro atoms. The summed E-state index contributed by atoms with van der Waals surface area (Å²) in [5.74, 6) is 1.71. The quantitative estimate of drug-likeness (QED) is 0.720. The molecule has 15 heavy (non-hydrogen) atoms. The van der Waals surface area contributed by atoms with E-state index in [9.17, 15) is 0 Å². The predicted octanol–water partition coefficient (Wildman–Crippen LogP) is 2.58. The molecule has 4 atom stereocenters. The van der Waals surface area contributed by atoms with Crippen molar-refractivity contribution < 1.29 is 4.74 Å². The Morgan fingerprint density at radius 2 is 1.93 bits per heavy atom. The minimum Gasteiger partial charge on any atom is -0.375 e. The van der Waals surface area contributed by atoms with Crippen molar-refractivity contribution in [3.63, 3.8) is 0 Å². The van der Waals surface area contributed by atoms with Crippen molar-refractivity contribution in [1.82, 2.24) is 5.32 Å². The second-order valence-corrected chi connectivity index (χ2v) is 5.71. The van der Waals surface area contributed by atoms with Crippen molar-refractivity contribution in [2.75, 3.05) is 13.7 Å². The molecule has 2 aliphatic rings. The fourth-order valence-corrected chi connectivity index (χ4v) is 3.26. The Hall–Kier alpha value is -0.0800. The first-order valence-electron chi connectivity index (χ1n) is 6.46. The molecule has 1 aliphatic heterocycles. The zero-order valence-electron chi connectivity index (χ0n) is 10.4. The zero-order valence-corrected chi connectivity index (χ0v) is 10.4. The molecule has 0 radical (unpaired) electrons. The lowest BCUT2D eigenvalue weighted by atomic mass is 9.70. The van der Waals surface area contributed by atoms with Crippen molar-refractivity contribution >= 4 is 0 Å². The van der Waals surface area contributed by atoms with Gasteiger partial charge in [0.1, 0.15) is 0 Å². The molecule has 1 aliphatic carbocycles. The lowest BCUT2D eigenvalue weighted by Crippen LogP contribution is -2.49. The second kappa shape index (κ2) is 4.42. The highest BCUT2D eigenvalue weighted by Gasteiger charge is 2.42. The van der Waals surface area contributed by atoms with Gasteiger partial charge in [-0.05, 0) is 51.0 Å². The predicted molar refractivity (Wildman–Crippen MR) is 62.9 cm³/mol. The van der Waals surface area contributed by atoms with E-state index < -0.39 is 0 Å².